The van der Waals surface area contributed by atoms with Gasteiger partial charge in [0.05, 0.1) is 31.5 Å². The normalized spacial score (nSPS) is 30.5. The van der Waals surface area contributed by atoms with Crippen molar-refractivity contribution in [3.63, 3.8) is 0 Å². The largest absolute Gasteiger partial charge is 0.452 e. The molecule has 0 aromatic heterocycles. The van der Waals surface area contributed by atoms with Gasteiger partial charge >= 0.3 is 5.97 Å². The third-order valence-electron chi connectivity index (χ3n) is 4.62. The zero-order valence-electron chi connectivity index (χ0n) is 11.9. The van der Waals surface area contributed by atoms with E-state index in [0.29, 0.717) is 30.2 Å². The van der Waals surface area contributed by atoms with Crippen LogP contribution >= 0.6 is 67.8 Å². The number of hydrogen-bond donors (Lipinski definition) is 1. The fourth-order valence-electron chi connectivity index (χ4n) is 3.41. The van der Waals surface area contributed by atoms with Crippen LogP contribution < -0.4 is 4.90 Å². The van der Waals surface area contributed by atoms with Gasteiger partial charge in [0.2, 0.25) is 0 Å². The second kappa shape index (κ2) is 6.79. The van der Waals surface area contributed by atoms with Gasteiger partial charge < -0.3 is 9.64 Å². The fraction of sp³-hybridized carbons (Fsp3) is 0.467. The minimum absolute atomic E-state index is 0.119. The summed E-state index contributed by atoms with van der Waals surface area (Å²) in [6.45, 7) is 0. The lowest BCUT2D eigenvalue weighted by Gasteiger charge is -2.27. The molecule has 1 N–H and O–H groups in total. The summed E-state index contributed by atoms with van der Waals surface area (Å²) in [5.41, 5.74) is 0.651. The predicted molar refractivity (Wildman–Crippen MR) is 107 cm³/mol. The summed E-state index contributed by atoms with van der Waals surface area (Å²) in [6.07, 6.45) is 1.80. The van der Waals surface area contributed by atoms with Crippen LogP contribution in [0.5, 0.6) is 0 Å². The van der Waals surface area contributed by atoms with Crippen LogP contribution in [0.15, 0.2) is 12.1 Å². The summed E-state index contributed by atoms with van der Waals surface area (Å²) in [4.78, 5) is 25.7. The highest BCUT2D eigenvalue weighted by atomic mass is 127. The van der Waals surface area contributed by atoms with Crippen molar-refractivity contribution in [1.29, 1.82) is 0 Å². The van der Waals surface area contributed by atoms with E-state index in [1.54, 1.807) is 0 Å². The third-order valence-corrected chi connectivity index (χ3v) is 8.57. The van der Waals surface area contributed by atoms with Gasteiger partial charge in [0.1, 0.15) is 11.8 Å². The molecule has 1 aromatic carbocycles. The molecule has 2 bridgehead atoms. The first-order chi connectivity index (χ1) is 10.4. The second-order valence-electron chi connectivity index (χ2n) is 5.89. The zero-order chi connectivity index (χ0) is 16.0. The number of esters is 1. The maximum atomic E-state index is 12.6. The molecule has 4 unspecified atom stereocenters. The van der Waals surface area contributed by atoms with E-state index < -0.39 is 0 Å². The number of hydrogen-bond acceptors (Lipinski definition) is 3. The molecule has 7 heteroatoms. The summed E-state index contributed by atoms with van der Waals surface area (Å²) in [5, 5.41) is 0. The van der Waals surface area contributed by atoms with Crippen LogP contribution in [0, 0.1) is 10.7 Å². The van der Waals surface area contributed by atoms with Gasteiger partial charge in [-0.2, -0.15) is 0 Å². The van der Waals surface area contributed by atoms with Crippen LogP contribution in [-0.4, -0.2) is 37.0 Å². The molecule has 0 radical (unpaired) electrons. The molecule has 2 heterocycles. The molecular weight excluding hydrogens is 623 g/mol. The Morgan fingerprint density at radius 2 is 1.91 bits per heavy atom. The summed E-state index contributed by atoms with van der Waals surface area (Å²) >= 11 is 6.60. The maximum Gasteiger partial charge on any atom is 0.340 e. The Morgan fingerprint density at radius 1 is 1.23 bits per heavy atom. The number of piperidine rings is 1. The number of halogens is 3. The summed E-state index contributed by atoms with van der Waals surface area (Å²) < 4.78 is 8.72. The van der Waals surface area contributed by atoms with Gasteiger partial charge in [-0.25, -0.2) is 4.79 Å². The Bertz CT molecular complexity index is 649. The van der Waals surface area contributed by atoms with Crippen molar-refractivity contribution in [2.24, 2.45) is 0 Å². The standard InChI is InChI=1S/C15H14I3NO3/c1-19-7-4-8(20)6-11(19)12(5-7)22-15(21)13-9(16)2-3-10(17)14(13)18/h2-3,7,11-12H,4-6H2,1H3/p+1. The maximum absolute atomic E-state index is 12.6. The van der Waals surface area contributed by atoms with Crippen LogP contribution in [0.2, 0.25) is 0 Å². The number of ether oxygens (including phenoxy) is 1. The van der Waals surface area contributed by atoms with Crippen LogP contribution in [0.25, 0.3) is 0 Å². The zero-order valence-corrected chi connectivity index (χ0v) is 18.3. The molecule has 118 valence electrons. The summed E-state index contributed by atoms with van der Waals surface area (Å²) in [6, 6.07) is 4.36. The predicted octanol–water partition coefficient (Wildman–Crippen LogP) is 2.04. The Balaban J connectivity index is 1.81. The number of quaternary nitrogens is 1. The highest BCUT2D eigenvalue weighted by Gasteiger charge is 2.50. The fourth-order valence-corrected chi connectivity index (χ4v) is 5.73. The van der Waals surface area contributed by atoms with Gasteiger partial charge in [0.25, 0.3) is 0 Å². The number of fused-ring (bicyclic) bond motifs is 2. The van der Waals surface area contributed by atoms with Gasteiger partial charge in [0.15, 0.2) is 6.10 Å². The first kappa shape index (κ1) is 17.3. The monoisotopic (exact) mass is 638 g/mol. The minimum atomic E-state index is -0.259. The van der Waals surface area contributed by atoms with Gasteiger partial charge in [-0.3, -0.25) is 4.79 Å². The van der Waals surface area contributed by atoms with E-state index >= 15 is 0 Å². The summed E-state index contributed by atoms with van der Waals surface area (Å²) in [7, 11) is 2.11. The number of benzene rings is 1. The first-order valence-electron chi connectivity index (χ1n) is 7.08. The molecule has 0 aliphatic carbocycles. The number of carbonyl (C=O) groups excluding carboxylic acids is 2. The van der Waals surface area contributed by atoms with Gasteiger partial charge in [-0.15, -0.1) is 0 Å². The van der Waals surface area contributed by atoms with Gasteiger partial charge in [-0.05, 0) is 79.9 Å². The highest BCUT2D eigenvalue weighted by Crippen LogP contribution is 2.28. The smallest absolute Gasteiger partial charge is 0.340 e. The quantitative estimate of drug-likeness (QED) is 0.307. The molecule has 0 spiro atoms. The van der Waals surface area contributed by atoms with Crippen molar-refractivity contribution in [1.82, 2.24) is 0 Å². The minimum Gasteiger partial charge on any atom is -0.452 e. The molecule has 4 atom stereocenters. The van der Waals surface area contributed by atoms with E-state index in [1.165, 1.54) is 4.90 Å². The second-order valence-corrected chi connectivity index (χ2v) is 9.30. The lowest BCUT2D eigenvalue weighted by molar-refractivity contribution is -0.919. The molecule has 4 nitrogen and oxygen atoms in total. The van der Waals surface area contributed by atoms with Crippen molar-refractivity contribution < 1.29 is 19.2 Å². The van der Waals surface area contributed by atoms with E-state index in [1.807, 2.05) is 12.1 Å². The van der Waals surface area contributed by atoms with Gasteiger partial charge in [-0.1, -0.05) is 0 Å². The number of nitrogens with one attached hydrogen (secondary N) is 1. The molecule has 22 heavy (non-hydrogen) atoms. The van der Waals surface area contributed by atoms with Crippen molar-refractivity contribution >= 4 is 79.5 Å². The Labute approximate surface area is 170 Å². The van der Waals surface area contributed by atoms with Crippen LogP contribution in [0.3, 0.4) is 0 Å². The molecule has 2 fully saturated rings. The molecule has 2 saturated heterocycles. The third kappa shape index (κ3) is 3.18. The lowest BCUT2D eigenvalue weighted by Crippen LogP contribution is -3.16. The number of likely N-dealkylation sites (N-methyl/N-ethyl adjacent to an activating group) is 1. The number of rotatable bonds is 2. The molecule has 0 amide bonds. The first-order valence-corrected chi connectivity index (χ1v) is 10.3. The SMILES string of the molecule is C[NH+]1C2CC(=O)CC1C(OC(=O)c1c(I)ccc(I)c1I)C2. The molecule has 0 saturated carbocycles. The van der Waals surface area contributed by atoms with Gasteiger partial charge in [0, 0.05) is 17.1 Å². The van der Waals surface area contributed by atoms with Crippen LogP contribution in [0.1, 0.15) is 29.6 Å². The van der Waals surface area contributed by atoms with Crippen molar-refractivity contribution in [3.8, 4) is 0 Å². The van der Waals surface area contributed by atoms with Crippen LogP contribution in [0.4, 0.5) is 0 Å². The number of carbonyl (C=O) groups is 2. The van der Waals surface area contributed by atoms with Crippen LogP contribution in [-0.2, 0) is 9.53 Å². The van der Waals surface area contributed by atoms with E-state index in [2.05, 4.69) is 74.8 Å². The lowest BCUT2D eigenvalue weighted by atomic mass is 10.0. The van der Waals surface area contributed by atoms with E-state index in [-0.39, 0.29) is 18.1 Å². The molecule has 2 aliphatic heterocycles. The number of Topliss-reactive ketones (excluding diaryl/α,β-unsaturated/α-hetero) is 1. The van der Waals surface area contributed by atoms with Crippen molar-refractivity contribution in [2.75, 3.05) is 7.05 Å². The molecular formula is C15H15I3NO3+. The average molecular weight is 638 g/mol. The highest BCUT2D eigenvalue weighted by molar-refractivity contribution is 14.1. The van der Waals surface area contributed by atoms with E-state index in [0.717, 1.165) is 17.1 Å². The molecule has 3 rings (SSSR count). The molecule has 1 aromatic rings. The number of ketones is 1. The Morgan fingerprint density at radius 3 is 2.64 bits per heavy atom. The average Bonchev–Trinajstić information content (AvgIpc) is 2.63. The van der Waals surface area contributed by atoms with E-state index in [9.17, 15) is 9.59 Å². The summed E-state index contributed by atoms with van der Waals surface area (Å²) in [5.74, 6) is 0.0442. The Hall–Kier alpha value is 0.510. The van der Waals surface area contributed by atoms with Crippen molar-refractivity contribution in [2.45, 2.75) is 37.5 Å². The topological polar surface area (TPSA) is 47.8 Å². The van der Waals surface area contributed by atoms with Crippen molar-refractivity contribution in [3.05, 3.63) is 28.4 Å². The van der Waals surface area contributed by atoms with E-state index in [4.69, 9.17) is 4.74 Å². The Kier molecular flexibility index (Phi) is 5.35. The molecule has 2 aliphatic rings.